The van der Waals surface area contributed by atoms with Gasteiger partial charge in [0.1, 0.15) is 23.0 Å². The summed E-state index contributed by atoms with van der Waals surface area (Å²) in [5.41, 5.74) is 4.26. The molecule has 0 spiro atoms. The van der Waals surface area contributed by atoms with Crippen LogP contribution in [-0.4, -0.2) is 47.4 Å². The Morgan fingerprint density at radius 1 is 1.22 bits per heavy atom. The Hall–Kier alpha value is -2.86. The van der Waals surface area contributed by atoms with Crippen LogP contribution in [0.15, 0.2) is 6.07 Å². The number of amides is 3. The van der Waals surface area contributed by atoms with Gasteiger partial charge in [0.2, 0.25) is 5.88 Å². The topological polar surface area (TPSA) is 110 Å². The Balaban J connectivity index is 2.03. The lowest BCUT2D eigenvalue weighted by Gasteiger charge is -2.17. The lowest BCUT2D eigenvalue weighted by atomic mass is 10.1. The number of aromatic nitrogens is 1. The number of nitrogens with one attached hydrogen (secondary N) is 2. The van der Waals surface area contributed by atoms with Crippen LogP contribution < -0.4 is 21.1 Å². The standard InChI is InChI=1S/C20H26F3N5O3S/c1-4-28(5-2)8-6-7-25-20(30)26-19-14(17(24)29)18(27-32-19)31-10-12-13(21)9-11(3)15(22)16(12)23/h9H,4-8,10H2,1-3H3,(H2,24,29)(H2,25,26,30). The number of anilines is 1. The number of urea groups is 1. The van der Waals surface area contributed by atoms with Gasteiger partial charge in [0.25, 0.3) is 5.91 Å². The van der Waals surface area contributed by atoms with E-state index in [0.717, 1.165) is 32.1 Å². The molecule has 0 atom stereocenters. The van der Waals surface area contributed by atoms with E-state index in [0.29, 0.717) is 18.1 Å². The van der Waals surface area contributed by atoms with Crippen molar-refractivity contribution in [3.63, 3.8) is 0 Å². The fourth-order valence-corrected chi connectivity index (χ4v) is 3.63. The van der Waals surface area contributed by atoms with Gasteiger partial charge in [0, 0.05) is 6.54 Å². The number of hydrogen-bond acceptors (Lipinski definition) is 6. The van der Waals surface area contributed by atoms with Gasteiger partial charge in [-0.15, -0.1) is 0 Å². The van der Waals surface area contributed by atoms with Crippen LogP contribution in [0.5, 0.6) is 5.88 Å². The fourth-order valence-electron chi connectivity index (χ4n) is 2.89. The Labute approximate surface area is 188 Å². The lowest BCUT2D eigenvalue weighted by Crippen LogP contribution is -2.32. The zero-order chi connectivity index (χ0) is 23.8. The maximum atomic E-state index is 14.0. The lowest BCUT2D eigenvalue weighted by molar-refractivity contribution is 0.0996. The number of rotatable bonds is 11. The molecule has 1 heterocycles. The first-order valence-electron chi connectivity index (χ1n) is 10.0. The predicted molar refractivity (Wildman–Crippen MR) is 115 cm³/mol. The Kier molecular flexibility index (Phi) is 9.27. The van der Waals surface area contributed by atoms with E-state index in [1.807, 2.05) is 0 Å². The number of carbonyl (C=O) groups is 2. The highest BCUT2D eigenvalue weighted by Gasteiger charge is 2.24. The normalized spacial score (nSPS) is 11.0. The summed E-state index contributed by atoms with van der Waals surface area (Å²) in [6.07, 6.45) is 0.735. The summed E-state index contributed by atoms with van der Waals surface area (Å²) in [4.78, 5) is 26.2. The van der Waals surface area contributed by atoms with Crippen LogP contribution >= 0.6 is 11.5 Å². The van der Waals surface area contributed by atoms with Gasteiger partial charge in [-0.2, -0.15) is 4.37 Å². The zero-order valence-electron chi connectivity index (χ0n) is 18.1. The monoisotopic (exact) mass is 473 g/mol. The number of carbonyl (C=O) groups excluding carboxylic acids is 2. The second-order valence-electron chi connectivity index (χ2n) is 6.89. The van der Waals surface area contributed by atoms with Crippen molar-refractivity contribution in [1.82, 2.24) is 14.6 Å². The molecule has 0 unspecified atom stereocenters. The Bertz CT molecular complexity index is 966. The van der Waals surface area contributed by atoms with E-state index in [9.17, 15) is 22.8 Å². The van der Waals surface area contributed by atoms with Gasteiger partial charge < -0.3 is 20.7 Å². The molecule has 2 aromatic rings. The molecule has 176 valence electrons. The first kappa shape index (κ1) is 25.4. The molecule has 0 fully saturated rings. The summed E-state index contributed by atoms with van der Waals surface area (Å²) < 4.78 is 50.9. The minimum absolute atomic E-state index is 0.0183. The molecule has 0 bridgehead atoms. The number of halogens is 3. The second-order valence-corrected chi connectivity index (χ2v) is 7.66. The SMILES string of the molecule is CCN(CC)CCCNC(=O)Nc1snc(OCc2c(F)cc(C)c(F)c2F)c1C(N)=O. The van der Waals surface area contributed by atoms with E-state index < -0.39 is 41.6 Å². The molecule has 4 N–H and O–H groups in total. The van der Waals surface area contributed by atoms with Crippen molar-refractivity contribution in [2.45, 2.75) is 33.8 Å². The molecule has 0 saturated heterocycles. The molecule has 1 aromatic carbocycles. The van der Waals surface area contributed by atoms with Crippen LogP contribution in [0.1, 0.15) is 41.8 Å². The summed E-state index contributed by atoms with van der Waals surface area (Å²) in [7, 11) is 0. The smallest absolute Gasteiger partial charge is 0.319 e. The second kappa shape index (κ2) is 11.7. The van der Waals surface area contributed by atoms with Crippen molar-refractivity contribution in [3.05, 3.63) is 40.2 Å². The van der Waals surface area contributed by atoms with E-state index in [1.54, 1.807) is 0 Å². The molecule has 3 amide bonds. The average Bonchev–Trinajstić information content (AvgIpc) is 3.14. The highest BCUT2D eigenvalue weighted by molar-refractivity contribution is 7.11. The fraction of sp³-hybridized carbons (Fsp3) is 0.450. The van der Waals surface area contributed by atoms with Crippen LogP contribution in [0.25, 0.3) is 0 Å². The molecular weight excluding hydrogens is 447 g/mol. The van der Waals surface area contributed by atoms with Crippen LogP contribution in [0.3, 0.4) is 0 Å². The third-order valence-electron chi connectivity index (χ3n) is 4.75. The van der Waals surface area contributed by atoms with Crippen molar-refractivity contribution >= 4 is 28.5 Å². The number of primary amides is 1. The third kappa shape index (κ3) is 6.33. The molecular formula is C20H26F3N5O3S. The van der Waals surface area contributed by atoms with Crippen molar-refractivity contribution in [3.8, 4) is 5.88 Å². The largest absolute Gasteiger partial charge is 0.471 e. The molecule has 0 radical (unpaired) electrons. The van der Waals surface area contributed by atoms with Gasteiger partial charge in [-0.05, 0) is 56.1 Å². The van der Waals surface area contributed by atoms with Crippen LogP contribution in [0, 0.1) is 24.4 Å². The van der Waals surface area contributed by atoms with Gasteiger partial charge in [-0.3, -0.25) is 10.1 Å². The van der Waals surface area contributed by atoms with Gasteiger partial charge >= 0.3 is 6.03 Å². The van der Waals surface area contributed by atoms with Gasteiger partial charge in [-0.1, -0.05) is 13.8 Å². The van der Waals surface area contributed by atoms with Gasteiger partial charge in [0.05, 0.1) is 5.56 Å². The molecule has 0 aliphatic carbocycles. The first-order chi connectivity index (χ1) is 15.2. The number of ether oxygens (including phenoxy) is 1. The minimum Gasteiger partial charge on any atom is -0.471 e. The maximum Gasteiger partial charge on any atom is 0.319 e. The summed E-state index contributed by atoms with van der Waals surface area (Å²) in [5.74, 6) is -4.86. The highest BCUT2D eigenvalue weighted by Crippen LogP contribution is 2.31. The number of benzene rings is 1. The van der Waals surface area contributed by atoms with Crippen LogP contribution in [0.2, 0.25) is 0 Å². The number of hydrogen-bond donors (Lipinski definition) is 3. The molecule has 0 saturated carbocycles. The van der Waals surface area contributed by atoms with Crippen molar-refractivity contribution in [1.29, 1.82) is 0 Å². The van der Waals surface area contributed by atoms with E-state index in [1.165, 1.54) is 6.92 Å². The molecule has 0 aliphatic heterocycles. The Morgan fingerprint density at radius 3 is 2.53 bits per heavy atom. The quantitative estimate of drug-likeness (QED) is 0.342. The van der Waals surface area contributed by atoms with E-state index in [2.05, 4.69) is 33.8 Å². The molecule has 12 heteroatoms. The number of nitrogens with zero attached hydrogens (tertiary/aromatic N) is 2. The van der Waals surface area contributed by atoms with Crippen LogP contribution in [0.4, 0.5) is 23.0 Å². The first-order valence-corrected chi connectivity index (χ1v) is 10.8. The minimum atomic E-state index is -1.39. The Morgan fingerprint density at radius 2 is 1.91 bits per heavy atom. The zero-order valence-corrected chi connectivity index (χ0v) is 18.9. The molecule has 1 aromatic heterocycles. The molecule has 8 nitrogen and oxygen atoms in total. The summed E-state index contributed by atoms with van der Waals surface area (Å²) in [5, 5.41) is 5.15. The maximum absolute atomic E-state index is 14.0. The van der Waals surface area contributed by atoms with Crippen molar-refractivity contribution in [2.24, 2.45) is 5.73 Å². The van der Waals surface area contributed by atoms with Crippen molar-refractivity contribution < 1.29 is 27.5 Å². The molecule has 0 aliphatic rings. The highest BCUT2D eigenvalue weighted by atomic mass is 32.1. The summed E-state index contributed by atoms with van der Waals surface area (Å²) in [6, 6.07) is 0.269. The van der Waals surface area contributed by atoms with E-state index >= 15 is 0 Å². The van der Waals surface area contributed by atoms with E-state index in [-0.39, 0.29) is 22.0 Å². The number of aryl methyl sites for hydroxylation is 1. The average molecular weight is 474 g/mol. The molecule has 2 rings (SSSR count). The van der Waals surface area contributed by atoms with Crippen LogP contribution in [-0.2, 0) is 6.61 Å². The number of nitrogens with two attached hydrogens (primary N) is 1. The summed E-state index contributed by atoms with van der Waals surface area (Å²) >= 11 is 0.716. The van der Waals surface area contributed by atoms with Crippen molar-refractivity contribution in [2.75, 3.05) is 31.5 Å². The van der Waals surface area contributed by atoms with Gasteiger partial charge in [0.15, 0.2) is 11.6 Å². The summed E-state index contributed by atoms with van der Waals surface area (Å²) in [6.45, 7) is 7.67. The third-order valence-corrected chi connectivity index (χ3v) is 5.50. The predicted octanol–water partition coefficient (Wildman–Crippen LogP) is 3.40. The van der Waals surface area contributed by atoms with E-state index in [4.69, 9.17) is 10.5 Å². The molecule has 32 heavy (non-hydrogen) atoms. The van der Waals surface area contributed by atoms with Gasteiger partial charge in [-0.25, -0.2) is 18.0 Å².